The Balaban J connectivity index is 2.49. The summed E-state index contributed by atoms with van der Waals surface area (Å²) in [7, 11) is -3.65. The molecule has 0 fully saturated rings. The maximum absolute atomic E-state index is 12.2. The first kappa shape index (κ1) is 12.8. The highest BCUT2D eigenvalue weighted by Crippen LogP contribution is 2.41. The second kappa shape index (κ2) is 4.57. The average molecular weight is 276 g/mol. The first-order valence-electron chi connectivity index (χ1n) is 5.48. The van der Waals surface area contributed by atoms with E-state index in [1.165, 1.54) is 6.07 Å². The molecule has 1 aromatic rings. The molecule has 0 aliphatic carbocycles. The van der Waals surface area contributed by atoms with Gasteiger partial charge in [-0.2, -0.15) is 4.31 Å². The fourth-order valence-electron chi connectivity index (χ4n) is 1.96. The van der Waals surface area contributed by atoms with Crippen molar-refractivity contribution < 1.29 is 13.5 Å². The molecule has 1 heterocycles. The lowest BCUT2D eigenvalue weighted by Gasteiger charge is -2.18. The lowest BCUT2D eigenvalue weighted by Crippen LogP contribution is -2.29. The van der Waals surface area contributed by atoms with Crippen LogP contribution in [0.5, 0.6) is 0 Å². The average Bonchev–Trinajstić information content (AvgIpc) is 2.46. The van der Waals surface area contributed by atoms with Crippen molar-refractivity contribution in [3.8, 4) is 0 Å². The number of sulfonamides is 1. The van der Waals surface area contributed by atoms with E-state index >= 15 is 0 Å². The highest BCUT2D eigenvalue weighted by molar-refractivity contribution is 7.89. The van der Waals surface area contributed by atoms with Gasteiger partial charge in [0, 0.05) is 12.1 Å². The molecule has 2 rings (SSSR count). The van der Waals surface area contributed by atoms with Gasteiger partial charge in [0.05, 0.1) is 5.02 Å². The van der Waals surface area contributed by atoms with E-state index in [0.29, 0.717) is 18.5 Å². The van der Waals surface area contributed by atoms with Crippen LogP contribution in [0.3, 0.4) is 0 Å². The fourth-order valence-corrected chi connectivity index (χ4v) is 4.20. The lowest BCUT2D eigenvalue weighted by molar-refractivity contribution is 0.0686. The third kappa shape index (κ3) is 1.97. The Morgan fingerprint density at radius 1 is 1.47 bits per heavy atom. The van der Waals surface area contributed by atoms with E-state index in [4.69, 9.17) is 11.6 Å². The predicted octanol–water partition coefficient (Wildman–Crippen LogP) is 2.14. The summed E-state index contributed by atoms with van der Waals surface area (Å²) in [6, 6.07) is 4.76. The molecule has 4 nitrogen and oxygen atoms in total. The van der Waals surface area contributed by atoms with Crippen LogP contribution in [0, 0.1) is 0 Å². The number of hydrogen-bond acceptors (Lipinski definition) is 3. The Hall–Kier alpha value is -0.620. The third-order valence-electron chi connectivity index (χ3n) is 2.85. The van der Waals surface area contributed by atoms with Gasteiger partial charge in [-0.15, -0.1) is 0 Å². The molecule has 1 aliphatic heterocycles. The quantitative estimate of drug-likeness (QED) is 0.919. The summed E-state index contributed by atoms with van der Waals surface area (Å²) < 4.78 is 25.5. The highest BCUT2D eigenvalue weighted by atomic mass is 35.5. The van der Waals surface area contributed by atoms with Crippen LogP contribution < -0.4 is 0 Å². The zero-order chi connectivity index (χ0) is 12.6. The summed E-state index contributed by atoms with van der Waals surface area (Å²) in [6.45, 7) is 2.28. The minimum Gasteiger partial charge on any atom is -0.373 e. The molecule has 0 saturated carbocycles. The minimum atomic E-state index is -3.65. The van der Waals surface area contributed by atoms with Gasteiger partial charge in [-0.05, 0) is 12.5 Å². The maximum Gasteiger partial charge on any atom is 0.247 e. The summed E-state index contributed by atoms with van der Waals surface area (Å²) in [4.78, 5) is 0.0465. The number of nitrogens with zero attached hydrogens (tertiary/aromatic N) is 1. The number of aliphatic hydroxyl groups excluding tert-OH is 1. The number of aliphatic hydroxyl groups is 1. The predicted molar refractivity (Wildman–Crippen MR) is 65.2 cm³/mol. The van der Waals surface area contributed by atoms with Crippen molar-refractivity contribution in [3.05, 3.63) is 28.8 Å². The fraction of sp³-hybridized carbons (Fsp3) is 0.455. The summed E-state index contributed by atoms with van der Waals surface area (Å²) in [5.41, 5.74) is 0.369. The van der Waals surface area contributed by atoms with Gasteiger partial charge in [0.2, 0.25) is 10.0 Å². The van der Waals surface area contributed by atoms with Gasteiger partial charge >= 0.3 is 0 Å². The first-order chi connectivity index (χ1) is 8.00. The van der Waals surface area contributed by atoms with Crippen LogP contribution in [-0.2, 0) is 10.0 Å². The van der Waals surface area contributed by atoms with Crippen molar-refractivity contribution in [1.82, 2.24) is 4.31 Å². The Morgan fingerprint density at radius 3 is 2.76 bits per heavy atom. The van der Waals surface area contributed by atoms with Gasteiger partial charge in [0.15, 0.2) is 0 Å². The van der Waals surface area contributed by atoms with E-state index in [2.05, 4.69) is 0 Å². The van der Waals surface area contributed by atoms with Gasteiger partial charge in [-0.3, -0.25) is 0 Å². The lowest BCUT2D eigenvalue weighted by atomic mass is 10.2. The summed E-state index contributed by atoms with van der Waals surface area (Å²) >= 11 is 5.90. The van der Waals surface area contributed by atoms with E-state index in [1.54, 1.807) is 12.1 Å². The second-order valence-corrected chi connectivity index (χ2v) is 6.24. The van der Waals surface area contributed by atoms with E-state index < -0.39 is 16.3 Å². The molecule has 6 heteroatoms. The molecule has 1 aromatic carbocycles. The van der Waals surface area contributed by atoms with Crippen LogP contribution in [0.1, 0.15) is 31.6 Å². The Labute approximate surface area is 106 Å². The molecule has 1 atom stereocenters. The van der Waals surface area contributed by atoms with Crippen LogP contribution in [-0.4, -0.2) is 24.4 Å². The molecule has 0 saturated heterocycles. The van der Waals surface area contributed by atoms with Gasteiger partial charge in [0.1, 0.15) is 11.1 Å². The normalized spacial score (nSPS) is 22.6. The van der Waals surface area contributed by atoms with E-state index in [0.717, 1.165) is 10.7 Å². The van der Waals surface area contributed by atoms with Crippen LogP contribution in [0.2, 0.25) is 5.02 Å². The molecular formula is C11H14ClNO3S. The van der Waals surface area contributed by atoms with Crippen molar-refractivity contribution in [1.29, 1.82) is 0 Å². The SMILES string of the molecule is CCCCN1C(O)c2cccc(Cl)c2S1(=O)=O. The summed E-state index contributed by atoms with van der Waals surface area (Å²) in [5, 5.41) is 10.2. The van der Waals surface area contributed by atoms with Crippen molar-refractivity contribution in [2.75, 3.05) is 6.54 Å². The largest absolute Gasteiger partial charge is 0.373 e. The number of unbranched alkanes of at least 4 members (excludes halogenated alkanes) is 1. The zero-order valence-corrected chi connectivity index (χ0v) is 11.0. The molecule has 1 N–H and O–H groups in total. The number of hydrogen-bond donors (Lipinski definition) is 1. The molecule has 0 radical (unpaired) electrons. The van der Waals surface area contributed by atoms with Crippen LogP contribution in [0.15, 0.2) is 23.1 Å². The minimum absolute atomic E-state index is 0.0465. The smallest absolute Gasteiger partial charge is 0.247 e. The van der Waals surface area contributed by atoms with Crippen LogP contribution in [0.25, 0.3) is 0 Å². The second-order valence-electron chi connectivity index (χ2n) is 4.00. The van der Waals surface area contributed by atoms with E-state index in [-0.39, 0.29) is 9.92 Å². The van der Waals surface area contributed by atoms with Gasteiger partial charge < -0.3 is 5.11 Å². The van der Waals surface area contributed by atoms with Crippen molar-refractivity contribution >= 4 is 21.6 Å². The number of fused-ring (bicyclic) bond motifs is 1. The zero-order valence-electron chi connectivity index (χ0n) is 9.43. The van der Waals surface area contributed by atoms with Gasteiger partial charge in [-0.25, -0.2) is 8.42 Å². The van der Waals surface area contributed by atoms with Gasteiger partial charge in [0.25, 0.3) is 0 Å². The Kier molecular flexibility index (Phi) is 3.45. The van der Waals surface area contributed by atoms with E-state index in [9.17, 15) is 13.5 Å². The van der Waals surface area contributed by atoms with Gasteiger partial charge in [-0.1, -0.05) is 37.1 Å². The molecule has 1 aliphatic rings. The van der Waals surface area contributed by atoms with E-state index in [1.807, 2.05) is 6.92 Å². The first-order valence-corrected chi connectivity index (χ1v) is 7.30. The van der Waals surface area contributed by atoms with Crippen molar-refractivity contribution in [2.24, 2.45) is 0 Å². The topological polar surface area (TPSA) is 57.6 Å². The Bertz CT molecular complexity index is 530. The monoisotopic (exact) mass is 275 g/mol. The molecule has 0 amide bonds. The standard InChI is InChI=1S/C11H14ClNO3S/c1-2-3-7-13-11(14)8-5-4-6-9(12)10(8)17(13,15)16/h4-6,11,14H,2-3,7H2,1H3. The molecule has 0 spiro atoms. The molecule has 0 bridgehead atoms. The van der Waals surface area contributed by atoms with Crippen molar-refractivity contribution in [2.45, 2.75) is 30.9 Å². The highest BCUT2D eigenvalue weighted by Gasteiger charge is 2.42. The number of halogens is 1. The van der Waals surface area contributed by atoms with Crippen LogP contribution in [0.4, 0.5) is 0 Å². The summed E-state index contributed by atoms with van der Waals surface area (Å²) in [6.07, 6.45) is 0.463. The molecule has 17 heavy (non-hydrogen) atoms. The van der Waals surface area contributed by atoms with Crippen molar-refractivity contribution in [3.63, 3.8) is 0 Å². The third-order valence-corrected chi connectivity index (χ3v) is 5.25. The molecule has 1 unspecified atom stereocenters. The maximum atomic E-state index is 12.2. The number of rotatable bonds is 3. The van der Waals surface area contributed by atoms with Crippen LogP contribution >= 0.6 is 11.6 Å². The molecule has 94 valence electrons. The molecule has 0 aromatic heterocycles. The summed E-state index contributed by atoms with van der Waals surface area (Å²) in [5.74, 6) is 0. The molecular weight excluding hydrogens is 262 g/mol. The number of benzene rings is 1. The Morgan fingerprint density at radius 2 is 2.18 bits per heavy atom.